The molecule has 1 aliphatic carbocycles. The molecule has 0 aromatic heterocycles. The van der Waals surface area contributed by atoms with Gasteiger partial charge in [0.1, 0.15) is 0 Å². The predicted octanol–water partition coefficient (Wildman–Crippen LogP) is 1.08. The van der Waals surface area contributed by atoms with Gasteiger partial charge in [0.25, 0.3) is 0 Å². The van der Waals surface area contributed by atoms with Gasteiger partial charge in [0.15, 0.2) is 0 Å². The summed E-state index contributed by atoms with van der Waals surface area (Å²) in [6.45, 7) is 0.957. The molecule has 2 atom stereocenters. The van der Waals surface area contributed by atoms with Crippen LogP contribution in [-0.4, -0.2) is 58.0 Å². The third-order valence-corrected chi connectivity index (χ3v) is 4.99. The Morgan fingerprint density at radius 2 is 2.00 bits per heavy atom. The van der Waals surface area contributed by atoms with Gasteiger partial charge in [0, 0.05) is 31.1 Å². The highest BCUT2D eigenvalue weighted by molar-refractivity contribution is 5.80. The van der Waals surface area contributed by atoms with Crippen LogP contribution in [-0.2, 0) is 9.59 Å². The lowest BCUT2D eigenvalue weighted by atomic mass is 10.0. The number of carboxylic acid groups (broad SMARTS) is 1. The van der Waals surface area contributed by atoms with Crippen LogP contribution in [0.3, 0.4) is 0 Å². The fraction of sp³-hybridized carbons (Fsp3) is 0.857. The molecule has 106 valence electrons. The first kappa shape index (κ1) is 12.9. The zero-order chi connectivity index (χ0) is 13.4. The second-order valence-electron chi connectivity index (χ2n) is 6.07. The van der Waals surface area contributed by atoms with Crippen LogP contribution >= 0.6 is 0 Å². The highest BCUT2D eigenvalue weighted by atomic mass is 16.4. The molecule has 3 fully saturated rings. The molecule has 1 amide bonds. The summed E-state index contributed by atoms with van der Waals surface area (Å²) in [4.78, 5) is 27.3. The average molecular weight is 266 g/mol. The molecule has 2 heterocycles. The van der Waals surface area contributed by atoms with Crippen LogP contribution in [0.5, 0.6) is 0 Å². The molecule has 1 saturated carbocycles. The van der Waals surface area contributed by atoms with Crippen molar-refractivity contribution in [1.82, 2.24) is 9.80 Å². The fourth-order valence-electron chi connectivity index (χ4n) is 4.18. The minimum atomic E-state index is -0.768. The molecule has 5 heteroatoms. The Bertz CT molecular complexity index is 379. The standard InChI is InChI=1S/C14H22N2O3/c17-13-8-12(11-6-3-7-15(11)13)16(9-14(18)19)10-4-1-2-5-10/h10-12H,1-9H2,(H,18,19). The van der Waals surface area contributed by atoms with Gasteiger partial charge in [0.2, 0.25) is 5.91 Å². The third-order valence-electron chi connectivity index (χ3n) is 4.99. The number of hydrogen-bond donors (Lipinski definition) is 1. The molecule has 0 radical (unpaired) electrons. The second kappa shape index (κ2) is 5.12. The van der Waals surface area contributed by atoms with Gasteiger partial charge in [-0.2, -0.15) is 0 Å². The lowest BCUT2D eigenvalue weighted by molar-refractivity contribution is -0.140. The molecule has 2 saturated heterocycles. The number of aliphatic carboxylic acids is 1. The Morgan fingerprint density at radius 1 is 1.26 bits per heavy atom. The number of carbonyl (C=O) groups excluding carboxylic acids is 1. The van der Waals surface area contributed by atoms with Crippen LogP contribution < -0.4 is 0 Å². The van der Waals surface area contributed by atoms with E-state index >= 15 is 0 Å². The summed E-state index contributed by atoms with van der Waals surface area (Å²) in [5.41, 5.74) is 0. The van der Waals surface area contributed by atoms with E-state index in [1.807, 2.05) is 4.90 Å². The Kier molecular flexibility index (Phi) is 3.48. The molecule has 3 aliphatic rings. The Balaban J connectivity index is 1.78. The van der Waals surface area contributed by atoms with Crippen molar-refractivity contribution in [2.75, 3.05) is 13.1 Å². The van der Waals surface area contributed by atoms with Crippen molar-refractivity contribution in [3.8, 4) is 0 Å². The van der Waals surface area contributed by atoms with Gasteiger partial charge in [-0.3, -0.25) is 14.5 Å². The molecular weight excluding hydrogens is 244 g/mol. The molecule has 1 N–H and O–H groups in total. The number of amides is 1. The lowest BCUT2D eigenvalue weighted by Gasteiger charge is -2.35. The molecule has 2 aliphatic heterocycles. The number of hydrogen-bond acceptors (Lipinski definition) is 3. The quantitative estimate of drug-likeness (QED) is 0.827. The summed E-state index contributed by atoms with van der Waals surface area (Å²) in [5.74, 6) is -0.545. The van der Waals surface area contributed by atoms with Gasteiger partial charge in [-0.25, -0.2) is 0 Å². The SMILES string of the molecule is O=C(O)CN(C1CCCC1)C1CC(=O)N2CCCC12. The van der Waals surface area contributed by atoms with Crippen molar-refractivity contribution in [1.29, 1.82) is 0 Å². The highest BCUT2D eigenvalue weighted by Gasteiger charge is 2.46. The lowest BCUT2D eigenvalue weighted by Crippen LogP contribution is -2.49. The van der Waals surface area contributed by atoms with Crippen LogP contribution in [0.25, 0.3) is 0 Å². The second-order valence-corrected chi connectivity index (χ2v) is 6.07. The molecule has 5 nitrogen and oxygen atoms in total. The van der Waals surface area contributed by atoms with Crippen molar-refractivity contribution in [2.45, 2.75) is 63.1 Å². The van der Waals surface area contributed by atoms with Gasteiger partial charge in [-0.05, 0) is 25.7 Å². The first-order chi connectivity index (χ1) is 9.16. The third kappa shape index (κ3) is 2.36. The van der Waals surface area contributed by atoms with Crippen LogP contribution in [0.4, 0.5) is 0 Å². The zero-order valence-corrected chi connectivity index (χ0v) is 11.3. The summed E-state index contributed by atoms with van der Waals surface area (Å²) < 4.78 is 0. The Morgan fingerprint density at radius 3 is 2.68 bits per heavy atom. The summed E-state index contributed by atoms with van der Waals surface area (Å²) >= 11 is 0. The van der Waals surface area contributed by atoms with Gasteiger partial charge < -0.3 is 10.0 Å². The van der Waals surface area contributed by atoms with E-state index in [1.54, 1.807) is 0 Å². The first-order valence-corrected chi connectivity index (χ1v) is 7.44. The maximum absolute atomic E-state index is 12.0. The summed E-state index contributed by atoms with van der Waals surface area (Å²) in [6.07, 6.45) is 7.19. The predicted molar refractivity (Wildman–Crippen MR) is 69.7 cm³/mol. The first-order valence-electron chi connectivity index (χ1n) is 7.44. The highest BCUT2D eigenvalue weighted by Crippen LogP contribution is 2.35. The van der Waals surface area contributed by atoms with E-state index in [0.717, 1.165) is 32.2 Å². The van der Waals surface area contributed by atoms with E-state index in [9.17, 15) is 14.7 Å². The zero-order valence-electron chi connectivity index (χ0n) is 11.3. The number of rotatable bonds is 4. The topological polar surface area (TPSA) is 60.9 Å². The monoisotopic (exact) mass is 266 g/mol. The molecular formula is C14H22N2O3. The Labute approximate surface area is 113 Å². The van der Waals surface area contributed by atoms with Crippen molar-refractivity contribution in [3.05, 3.63) is 0 Å². The van der Waals surface area contributed by atoms with E-state index in [2.05, 4.69) is 4.90 Å². The molecule has 2 unspecified atom stereocenters. The van der Waals surface area contributed by atoms with E-state index in [0.29, 0.717) is 12.5 Å². The fourth-order valence-corrected chi connectivity index (χ4v) is 4.18. The largest absolute Gasteiger partial charge is 0.480 e. The minimum absolute atomic E-state index is 0.0902. The summed E-state index contributed by atoms with van der Waals surface area (Å²) in [6, 6.07) is 0.774. The normalized spacial score (nSPS) is 31.4. The molecule has 19 heavy (non-hydrogen) atoms. The summed E-state index contributed by atoms with van der Waals surface area (Å²) in [7, 11) is 0. The van der Waals surface area contributed by atoms with Crippen LogP contribution in [0, 0.1) is 0 Å². The van der Waals surface area contributed by atoms with Crippen molar-refractivity contribution in [3.63, 3.8) is 0 Å². The number of nitrogens with zero attached hydrogens (tertiary/aromatic N) is 2. The molecule has 0 bridgehead atoms. The molecule has 0 spiro atoms. The van der Waals surface area contributed by atoms with Gasteiger partial charge in [0.05, 0.1) is 6.54 Å². The maximum atomic E-state index is 12.0. The van der Waals surface area contributed by atoms with Gasteiger partial charge in [-0.1, -0.05) is 12.8 Å². The number of carbonyl (C=O) groups is 2. The average Bonchev–Trinajstić information content (AvgIpc) is 3.04. The number of carboxylic acids is 1. The molecule has 0 aromatic carbocycles. The van der Waals surface area contributed by atoms with Gasteiger partial charge in [-0.15, -0.1) is 0 Å². The van der Waals surface area contributed by atoms with E-state index < -0.39 is 5.97 Å². The van der Waals surface area contributed by atoms with Gasteiger partial charge >= 0.3 is 5.97 Å². The molecule has 0 aromatic rings. The summed E-state index contributed by atoms with van der Waals surface area (Å²) in [5, 5.41) is 9.17. The van der Waals surface area contributed by atoms with E-state index in [1.165, 1.54) is 12.8 Å². The minimum Gasteiger partial charge on any atom is -0.480 e. The van der Waals surface area contributed by atoms with Crippen LogP contribution in [0.1, 0.15) is 44.9 Å². The van der Waals surface area contributed by atoms with Crippen molar-refractivity contribution < 1.29 is 14.7 Å². The van der Waals surface area contributed by atoms with Crippen molar-refractivity contribution in [2.24, 2.45) is 0 Å². The van der Waals surface area contributed by atoms with Crippen molar-refractivity contribution >= 4 is 11.9 Å². The maximum Gasteiger partial charge on any atom is 0.317 e. The smallest absolute Gasteiger partial charge is 0.317 e. The van der Waals surface area contributed by atoms with E-state index in [-0.39, 0.29) is 24.5 Å². The van der Waals surface area contributed by atoms with E-state index in [4.69, 9.17) is 0 Å². The number of fused-ring (bicyclic) bond motifs is 1. The molecule has 3 rings (SSSR count). The van der Waals surface area contributed by atoms with Crippen LogP contribution in [0.15, 0.2) is 0 Å². The van der Waals surface area contributed by atoms with Crippen LogP contribution in [0.2, 0.25) is 0 Å². The Hall–Kier alpha value is -1.10.